The zero-order valence-electron chi connectivity index (χ0n) is 20.0. The molecule has 0 fully saturated rings. The molecule has 0 N–H and O–H groups in total. The van der Waals surface area contributed by atoms with Crippen molar-refractivity contribution >= 4 is 12.1 Å². The summed E-state index contributed by atoms with van der Waals surface area (Å²) in [5.41, 5.74) is 1.79. The maximum atomic E-state index is 12.7. The average Bonchev–Trinajstić information content (AvgIpc) is 2.79. The first kappa shape index (κ1) is 24.2. The Bertz CT molecular complexity index is 1010. The van der Waals surface area contributed by atoms with Crippen molar-refractivity contribution in [1.82, 2.24) is 4.90 Å². The summed E-state index contributed by atoms with van der Waals surface area (Å²) in [7, 11) is 4.52. The Labute approximate surface area is 194 Å². The third-order valence-electron chi connectivity index (χ3n) is 5.28. The van der Waals surface area contributed by atoms with Crippen LogP contribution >= 0.6 is 0 Å². The second-order valence-electron chi connectivity index (χ2n) is 8.68. The molecule has 0 radical (unpaired) electrons. The topological polar surface area (TPSA) is 83.5 Å². The minimum absolute atomic E-state index is 0.281. The number of fused-ring (bicyclic) bond motifs is 1. The van der Waals surface area contributed by atoms with Gasteiger partial charge in [0.15, 0.2) is 6.04 Å². The van der Waals surface area contributed by atoms with Gasteiger partial charge >= 0.3 is 12.1 Å². The predicted molar refractivity (Wildman–Crippen MR) is 122 cm³/mol. The summed E-state index contributed by atoms with van der Waals surface area (Å²) in [4.78, 5) is 26.8. The maximum Gasteiger partial charge on any atom is 0.411 e. The van der Waals surface area contributed by atoms with Crippen molar-refractivity contribution in [1.29, 1.82) is 0 Å². The van der Waals surface area contributed by atoms with E-state index in [1.807, 2.05) is 24.3 Å². The number of hydrogen-bond acceptors (Lipinski definition) is 7. The number of ether oxygens (including phenoxy) is 5. The van der Waals surface area contributed by atoms with E-state index in [1.165, 1.54) is 12.0 Å². The number of benzene rings is 2. The van der Waals surface area contributed by atoms with Crippen LogP contribution in [0.25, 0.3) is 0 Å². The molecule has 1 aliphatic rings. The van der Waals surface area contributed by atoms with Crippen LogP contribution in [0, 0.1) is 0 Å². The van der Waals surface area contributed by atoms with E-state index in [-0.39, 0.29) is 6.61 Å². The largest absolute Gasteiger partial charge is 0.497 e. The van der Waals surface area contributed by atoms with E-state index in [1.54, 1.807) is 47.1 Å². The van der Waals surface area contributed by atoms with E-state index in [4.69, 9.17) is 23.7 Å². The van der Waals surface area contributed by atoms with Crippen LogP contribution in [-0.2, 0) is 27.3 Å². The van der Waals surface area contributed by atoms with Crippen LogP contribution in [0.4, 0.5) is 4.79 Å². The van der Waals surface area contributed by atoms with Crippen LogP contribution in [0.5, 0.6) is 17.2 Å². The molecule has 178 valence electrons. The molecule has 1 heterocycles. The third-order valence-corrected chi connectivity index (χ3v) is 5.28. The van der Waals surface area contributed by atoms with Gasteiger partial charge in [-0.3, -0.25) is 4.90 Å². The first-order chi connectivity index (χ1) is 15.7. The average molecular weight is 458 g/mol. The first-order valence-electron chi connectivity index (χ1n) is 10.7. The summed E-state index contributed by atoms with van der Waals surface area (Å²) in [5, 5.41) is 0. The second-order valence-corrected chi connectivity index (χ2v) is 8.68. The molecule has 0 bridgehead atoms. The van der Waals surface area contributed by atoms with E-state index in [9.17, 15) is 9.59 Å². The van der Waals surface area contributed by atoms with E-state index in [0.717, 1.165) is 11.1 Å². The Kier molecular flexibility index (Phi) is 7.36. The first-order valence-corrected chi connectivity index (χ1v) is 10.7. The standard InChI is InChI=1S/C25H31NO7/c1-25(2,3)33-24(28)26-12-11-16-13-19(7-9-20(16)22(26)23(27)31-6)32-15-17-14-18(29-4)8-10-21(17)30-5/h7-10,13-14,22H,11-12,15H2,1-6H3/t22-/m1/s1. The Hall–Kier alpha value is -3.42. The van der Waals surface area contributed by atoms with E-state index in [2.05, 4.69) is 0 Å². The lowest BCUT2D eigenvalue weighted by Crippen LogP contribution is -2.46. The summed E-state index contributed by atoms with van der Waals surface area (Å²) < 4.78 is 27.2. The van der Waals surface area contributed by atoms with Crippen molar-refractivity contribution in [3.63, 3.8) is 0 Å². The molecule has 33 heavy (non-hydrogen) atoms. The fourth-order valence-corrected chi connectivity index (χ4v) is 3.73. The highest BCUT2D eigenvalue weighted by Crippen LogP contribution is 2.34. The summed E-state index contributed by atoms with van der Waals surface area (Å²) in [5.74, 6) is 1.54. The van der Waals surface area contributed by atoms with Gasteiger partial charge in [-0.25, -0.2) is 9.59 Å². The van der Waals surface area contributed by atoms with Gasteiger partial charge in [-0.05, 0) is 68.7 Å². The molecule has 0 aliphatic carbocycles. The molecule has 1 atom stereocenters. The summed E-state index contributed by atoms with van der Waals surface area (Å²) in [6, 6.07) is 10.1. The zero-order chi connectivity index (χ0) is 24.2. The molecule has 0 unspecified atom stereocenters. The summed E-state index contributed by atoms with van der Waals surface area (Å²) in [6.07, 6.45) is 0.0101. The fraction of sp³-hybridized carbons (Fsp3) is 0.440. The Morgan fingerprint density at radius 2 is 1.73 bits per heavy atom. The highest BCUT2D eigenvalue weighted by molar-refractivity contribution is 5.84. The van der Waals surface area contributed by atoms with Gasteiger partial charge < -0.3 is 23.7 Å². The maximum absolute atomic E-state index is 12.7. The van der Waals surface area contributed by atoms with Crippen molar-refractivity contribution in [3.05, 3.63) is 53.1 Å². The molecule has 2 aromatic carbocycles. The lowest BCUT2D eigenvalue weighted by atomic mass is 9.92. The van der Waals surface area contributed by atoms with Crippen molar-refractivity contribution in [2.24, 2.45) is 0 Å². The highest BCUT2D eigenvalue weighted by atomic mass is 16.6. The van der Waals surface area contributed by atoms with Crippen LogP contribution in [-0.4, -0.2) is 50.4 Å². The Morgan fingerprint density at radius 3 is 2.36 bits per heavy atom. The molecule has 0 spiro atoms. The molecule has 1 aliphatic heterocycles. The minimum Gasteiger partial charge on any atom is -0.497 e. The number of methoxy groups -OCH3 is 3. The number of carbonyl (C=O) groups is 2. The monoisotopic (exact) mass is 457 g/mol. The molecule has 0 saturated heterocycles. The van der Waals surface area contributed by atoms with Crippen LogP contribution < -0.4 is 14.2 Å². The number of carbonyl (C=O) groups excluding carboxylic acids is 2. The predicted octanol–water partition coefficient (Wildman–Crippen LogP) is 4.29. The van der Waals surface area contributed by atoms with Crippen LogP contribution in [0.3, 0.4) is 0 Å². The van der Waals surface area contributed by atoms with E-state index in [0.29, 0.717) is 35.8 Å². The molecular formula is C25H31NO7. The van der Waals surface area contributed by atoms with E-state index < -0.39 is 23.7 Å². The molecule has 2 aromatic rings. The van der Waals surface area contributed by atoms with Gasteiger partial charge in [-0.1, -0.05) is 6.07 Å². The molecule has 8 nitrogen and oxygen atoms in total. The minimum atomic E-state index is -0.874. The van der Waals surface area contributed by atoms with Gasteiger partial charge in [0.05, 0.1) is 21.3 Å². The van der Waals surface area contributed by atoms with Crippen molar-refractivity contribution in [2.75, 3.05) is 27.9 Å². The Balaban J connectivity index is 1.83. The Morgan fingerprint density at radius 1 is 1.00 bits per heavy atom. The number of rotatable bonds is 6. The molecule has 0 aromatic heterocycles. The third kappa shape index (κ3) is 5.69. The fourth-order valence-electron chi connectivity index (χ4n) is 3.73. The second kappa shape index (κ2) is 10.0. The van der Waals surface area contributed by atoms with Crippen molar-refractivity contribution < 1.29 is 33.3 Å². The van der Waals surface area contributed by atoms with Gasteiger partial charge in [-0.15, -0.1) is 0 Å². The molecular weight excluding hydrogens is 426 g/mol. The molecule has 8 heteroatoms. The van der Waals surface area contributed by atoms with Crippen molar-refractivity contribution in [3.8, 4) is 17.2 Å². The quantitative estimate of drug-likeness (QED) is 0.599. The smallest absolute Gasteiger partial charge is 0.411 e. The van der Waals surface area contributed by atoms with Gasteiger partial charge in [0.1, 0.15) is 29.5 Å². The normalized spacial score (nSPS) is 15.3. The molecule has 1 amide bonds. The van der Waals surface area contributed by atoms with Gasteiger partial charge in [0, 0.05) is 12.1 Å². The van der Waals surface area contributed by atoms with Crippen LogP contribution in [0.1, 0.15) is 43.5 Å². The number of nitrogens with zero attached hydrogens (tertiary/aromatic N) is 1. The lowest BCUT2D eigenvalue weighted by molar-refractivity contribution is -0.147. The van der Waals surface area contributed by atoms with Crippen molar-refractivity contribution in [2.45, 2.75) is 45.4 Å². The van der Waals surface area contributed by atoms with Gasteiger partial charge in [-0.2, -0.15) is 0 Å². The number of esters is 1. The van der Waals surface area contributed by atoms with Crippen LogP contribution in [0.15, 0.2) is 36.4 Å². The number of hydrogen-bond donors (Lipinski definition) is 0. The van der Waals surface area contributed by atoms with Crippen LogP contribution in [0.2, 0.25) is 0 Å². The highest BCUT2D eigenvalue weighted by Gasteiger charge is 2.39. The number of amides is 1. The lowest BCUT2D eigenvalue weighted by Gasteiger charge is -2.36. The van der Waals surface area contributed by atoms with Gasteiger partial charge in [0.25, 0.3) is 0 Å². The SMILES string of the molecule is COC(=O)[C@H]1c2ccc(OCc3cc(OC)ccc3OC)cc2CCN1C(=O)OC(C)(C)C. The molecule has 0 saturated carbocycles. The zero-order valence-corrected chi connectivity index (χ0v) is 20.0. The summed E-state index contributed by atoms with van der Waals surface area (Å²) in [6.45, 7) is 5.98. The van der Waals surface area contributed by atoms with Gasteiger partial charge in [0.2, 0.25) is 0 Å². The van der Waals surface area contributed by atoms with E-state index >= 15 is 0 Å². The molecule has 3 rings (SSSR count). The summed E-state index contributed by atoms with van der Waals surface area (Å²) >= 11 is 0.